The molecule has 3 aromatic rings. The van der Waals surface area contributed by atoms with Gasteiger partial charge in [0.15, 0.2) is 11.6 Å². The molecule has 0 spiro atoms. The molecule has 2 heterocycles. The minimum absolute atomic E-state index is 0.0717. The summed E-state index contributed by atoms with van der Waals surface area (Å²) in [5, 5.41) is 15.0. The molecule has 5 nitrogen and oxygen atoms in total. The maximum Gasteiger partial charge on any atom is 0.200 e. The number of benzene rings is 1. The fraction of sp³-hybridized carbons (Fsp3) is 0.0714. The van der Waals surface area contributed by atoms with Crippen LogP contribution in [0, 0.1) is 0 Å². The van der Waals surface area contributed by atoms with Gasteiger partial charge in [-0.25, -0.2) is 9.67 Å². The molecule has 0 aliphatic carbocycles. The van der Waals surface area contributed by atoms with E-state index in [1.165, 1.54) is 0 Å². The summed E-state index contributed by atoms with van der Waals surface area (Å²) in [7, 11) is 1.75. The van der Waals surface area contributed by atoms with Crippen LogP contribution >= 0.6 is 27.5 Å². The van der Waals surface area contributed by atoms with Crippen LogP contribution in [0.1, 0.15) is 0 Å². The van der Waals surface area contributed by atoms with Crippen LogP contribution in [0.3, 0.4) is 0 Å². The van der Waals surface area contributed by atoms with E-state index >= 15 is 0 Å². The van der Waals surface area contributed by atoms with E-state index < -0.39 is 0 Å². The van der Waals surface area contributed by atoms with E-state index in [2.05, 4.69) is 31.0 Å². The number of aryl methyl sites for hydroxylation is 1. The summed E-state index contributed by atoms with van der Waals surface area (Å²) in [4.78, 5) is 8.66. The van der Waals surface area contributed by atoms with Crippen molar-refractivity contribution in [3.8, 4) is 28.7 Å². The Morgan fingerprint density at radius 2 is 2.10 bits per heavy atom. The van der Waals surface area contributed by atoms with Crippen molar-refractivity contribution in [2.75, 3.05) is 0 Å². The van der Waals surface area contributed by atoms with E-state index in [0.29, 0.717) is 32.4 Å². The van der Waals surface area contributed by atoms with Gasteiger partial charge in [-0.2, -0.15) is 0 Å². The third kappa shape index (κ3) is 2.64. The van der Waals surface area contributed by atoms with Gasteiger partial charge in [0.05, 0.1) is 10.0 Å². The molecule has 7 heteroatoms. The van der Waals surface area contributed by atoms with Crippen LogP contribution in [0.25, 0.3) is 22.9 Å². The summed E-state index contributed by atoms with van der Waals surface area (Å²) in [5.74, 6) is 1.07. The molecule has 1 N–H and O–H groups in total. The second-order valence-corrected chi connectivity index (χ2v) is 5.67. The summed E-state index contributed by atoms with van der Waals surface area (Å²) in [6.07, 6.45) is 1.68. The third-order valence-corrected chi connectivity index (χ3v) is 3.75. The van der Waals surface area contributed by atoms with Gasteiger partial charge in [-0.3, -0.25) is 4.98 Å². The molecule has 1 aromatic carbocycles. The summed E-state index contributed by atoms with van der Waals surface area (Å²) in [5.41, 5.74) is 1.17. The van der Waals surface area contributed by atoms with E-state index in [9.17, 15) is 5.11 Å². The van der Waals surface area contributed by atoms with E-state index in [0.717, 1.165) is 0 Å². The van der Waals surface area contributed by atoms with Gasteiger partial charge < -0.3 is 5.11 Å². The first kappa shape index (κ1) is 14.0. The molecule has 0 radical (unpaired) electrons. The number of nitrogens with zero attached hydrogens (tertiary/aromatic N) is 4. The molecular formula is C14H10BrClN4O. The van der Waals surface area contributed by atoms with Crippen molar-refractivity contribution < 1.29 is 5.11 Å². The first-order valence-corrected chi connectivity index (χ1v) is 7.24. The van der Waals surface area contributed by atoms with Crippen molar-refractivity contribution in [3.63, 3.8) is 0 Å². The van der Waals surface area contributed by atoms with Crippen molar-refractivity contribution in [2.45, 2.75) is 0 Å². The number of aromatic nitrogens is 4. The second-order valence-electron chi connectivity index (χ2n) is 4.38. The Kier molecular flexibility index (Phi) is 3.65. The summed E-state index contributed by atoms with van der Waals surface area (Å²) in [6, 6.07) is 8.79. The van der Waals surface area contributed by atoms with Gasteiger partial charge in [-0.1, -0.05) is 17.7 Å². The number of hydrogen-bond acceptors (Lipinski definition) is 4. The zero-order valence-corrected chi connectivity index (χ0v) is 13.3. The maximum absolute atomic E-state index is 10.2. The predicted molar refractivity (Wildman–Crippen MR) is 84.0 cm³/mol. The smallest absolute Gasteiger partial charge is 0.200 e. The highest BCUT2D eigenvalue weighted by Crippen LogP contribution is 2.37. The third-order valence-electron chi connectivity index (χ3n) is 2.93. The zero-order valence-electron chi connectivity index (χ0n) is 11.0. The molecule has 0 unspecified atom stereocenters. The zero-order chi connectivity index (χ0) is 15.0. The highest BCUT2D eigenvalue weighted by atomic mass is 79.9. The van der Waals surface area contributed by atoms with Crippen LogP contribution in [0.2, 0.25) is 5.02 Å². The lowest BCUT2D eigenvalue weighted by Crippen LogP contribution is -1.95. The molecule has 0 saturated heterocycles. The highest BCUT2D eigenvalue weighted by molar-refractivity contribution is 9.10. The normalized spacial score (nSPS) is 10.8. The average Bonchev–Trinajstić information content (AvgIpc) is 2.86. The lowest BCUT2D eigenvalue weighted by Gasteiger charge is -2.06. The fourth-order valence-corrected chi connectivity index (χ4v) is 2.77. The Hall–Kier alpha value is -1.92. The van der Waals surface area contributed by atoms with E-state index in [1.54, 1.807) is 30.1 Å². The van der Waals surface area contributed by atoms with E-state index in [-0.39, 0.29) is 5.75 Å². The van der Waals surface area contributed by atoms with Gasteiger partial charge >= 0.3 is 0 Å². The van der Waals surface area contributed by atoms with Gasteiger partial charge in [0.25, 0.3) is 0 Å². The topological polar surface area (TPSA) is 63.8 Å². The molecule has 3 rings (SSSR count). The van der Waals surface area contributed by atoms with Crippen molar-refractivity contribution >= 4 is 27.5 Å². The van der Waals surface area contributed by atoms with Gasteiger partial charge in [0.2, 0.25) is 0 Å². The van der Waals surface area contributed by atoms with Crippen molar-refractivity contribution in [1.82, 2.24) is 19.7 Å². The molecule has 0 atom stereocenters. The number of halogens is 2. The molecule has 0 amide bonds. The van der Waals surface area contributed by atoms with Crippen molar-refractivity contribution in [1.29, 1.82) is 0 Å². The molecular weight excluding hydrogens is 356 g/mol. The molecule has 0 saturated carbocycles. The Balaban J connectivity index is 2.15. The Morgan fingerprint density at radius 3 is 2.81 bits per heavy atom. The SMILES string of the molecule is Cn1nc(-c2ccccn2)nc1-c1cc(Cl)cc(Br)c1O. The standard InChI is InChI=1S/C14H10BrClN4O/c1-20-14(9-6-8(16)7-10(15)12(9)21)18-13(19-20)11-4-2-3-5-17-11/h2-7,21H,1H3. The van der Waals surface area contributed by atoms with E-state index in [1.807, 2.05) is 18.2 Å². The second kappa shape index (κ2) is 5.46. The quantitative estimate of drug-likeness (QED) is 0.752. The number of aromatic hydroxyl groups is 1. The summed E-state index contributed by atoms with van der Waals surface area (Å²) < 4.78 is 2.09. The monoisotopic (exact) mass is 364 g/mol. The van der Waals surface area contributed by atoms with Crippen molar-refractivity contribution in [3.05, 3.63) is 46.0 Å². The average molecular weight is 366 g/mol. The van der Waals surface area contributed by atoms with Crippen LogP contribution in [-0.2, 0) is 7.05 Å². The van der Waals surface area contributed by atoms with Crippen LogP contribution in [-0.4, -0.2) is 24.9 Å². The van der Waals surface area contributed by atoms with E-state index in [4.69, 9.17) is 11.6 Å². The van der Waals surface area contributed by atoms with Crippen LogP contribution < -0.4 is 0 Å². The summed E-state index contributed by atoms with van der Waals surface area (Å²) >= 11 is 9.30. The van der Waals surface area contributed by atoms with Crippen molar-refractivity contribution in [2.24, 2.45) is 7.05 Å². The number of hydrogen-bond donors (Lipinski definition) is 1. The number of rotatable bonds is 2. The number of phenolic OH excluding ortho intramolecular Hbond substituents is 1. The minimum atomic E-state index is 0.0717. The van der Waals surface area contributed by atoms with Crippen LogP contribution in [0.15, 0.2) is 41.0 Å². The Labute approximate surface area is 134 Å². The molecule has 0 aliphatic heterocycles. The molecule has 0 bridgehead atoms. The maximum atomic E-state index is 10.2. The fourth-order valence-electron chi connectivity index (χ4n) is 1.96. The lowest BCUT2D eigenvalue weighted by molar-refractivity contribution is 0.473. The Morgan fingerprint density at radius 1 is 1.29 bits per heavy atom. The van der Waals surface area contributed by atoms with Crippen LogP contribution in [0.5, 0.6) is 5.75 Å². The molecule has 106 valence electrons. The summed E-state index contributed by atoms with van der Waals surface area (Å²) in [6.45, 7) is 0. The molecule has 2 aromatic heterocycles. The van der Waals surface area contributed by atoms with Crippen LogP contribution in [0.4, 0.5) is 0 Å². The van der Waals surface area contributed by atoms with Gasteiger partial charge in [0.1, 0.15) is 11.4 Å². The van der Waals surface area contributed by atoms with Gasteiger partial charge in [-0.05, 0) is 40.2 Å². The Bertz CT molecular complexity index is 804. The molecule has 0 fully saturated rings. The first-order chi connectivity index (χ1) is 10.1. The highest BCUT2D eigenvalue weighted by Gasteiger charge is 2.17. The molecule has 0 aliphatic rings. The largest absolute Gasteiger partial charge is 0.506 e. The lowest BCUT2D eigenvalue weighted by atomic mass is 10.2. The number of phenols is 1. The predicted octanol–water partition coefficient (Wildman–Crippen LogP) is 3.67. The van der Waals surface area contributed by atoms with Gasteiger partial charge in [0, 0.05) is 18.3 Å². The first-order valence-electron chi connectivity index (χ1n) is 6.07. The van der Waals surface area contributed by atoms with Gasteiger partial charge in [-0.15, -0.1) is 5.10 Å². The number of pyridine rings is 1. The molecule has 21 heavy (non-hydrogen) atoms. The minimum Gasteiger partial charge on any atom is -0.506 e.